The van der Waals surface area contributed by atoms with E-state index in [1.807, 2.05) is 0 Å². The van der Waals surface area contributed by atoms with Crippen LogP contribution in [0.5, 0.6) is 17.4 Å². The van der Waals surface area contributed by atoms with Crippen LogP contribution in [-0.2, 0) is 4.79 Å². The number of aromatic nitrogens is 1. The largest absolute Gasteiger partial charge is 0.493 e. The molecule has 2 aromatic carbocycles. The zero-order valence-corrected chi connectivity index (χ0v) is 16.2. The number of rotatable bonds is 2. The molecule has 0 unspecified atom stereocenters. The van der Waals surface area contributed by atoms with Crippen molar-refractivity contribution in [3.8, 4) is 23.1 Å². The maximum atomic E-state index is 14.2. The smallest absolute Gasteiger partial charge is 0.277 e. The summed E-state index contributed by atoms with van der Waals surface area (Å²) in [6, 6.07) is 9.39. The van der Waals surface area contributed by atoms with Crippen LogP contribution in [0.1, 0.15) is 4.88 Å². The lowest BCUT2D eigenvalue weighted by atomic mass is 10.1. The van der Waals surface area contributed by atoms with E-state index in [1.54, 1.807) is 30.3 Å². The second-order valence-corrected chi connectivity index (χ2v) is 7.94. The highest BCUT2D eigenvalue weighted by atomic mass is 32.1. The standard InChI is InChI=1S/C20H11FN2O4S2/c21-12-3-1-2-4-14(12)23-19(25)17(29-20(23)28)7-11-5-10-6-15-16(27-9-26-15)8-13(10)22-18(11)24/h1-8,25H,9H2. The molecule has 0 saturated carbocycles. The molecule has 3 heterocycles. The fraction of sp³-hybridized carbons (Fsp3) is 0.0500. The number of fused-ring (bicyclic) bond motifs is 2. The molecule has 144 valence electrons. The number of para-hydroxylation sites is 1. The summed E-state index contributed by atoms with van der Waals surface area (Å²) < 4.78 is 26.3. The van der Waals surface area contributed by atoms with Gasteiger partial charge < -0.3 is 14.6 Å². The Kier molecular flexibility index (Phi) is 4.07. The van der Waals surface area contributed by atoms with Gasteiger partial charge in [-0.05, 0) is 42.6 Å². The van der Waals surface area contributed by atoms with E-state index in [1.165, 1.54) is 22.8 Å². The molecule has 6 nitrogen and oxygen atoms in total. The zero-order valence-electron chi connectivity index (χ0n) is 14.6. The predicted molar refractivity (Wildman–Crippen MR) is 107 cm³/mol. The van der Waals surface area contributed by atoms with Gasteiger partial charge in [0.1, 0.15) is 5.82 Å². The van der Waals surface area contributed by atoms with Gasteiger partial charge in [-0.15, -0.1) is 11.3 Å². The van der Waals surface area contributed by atoms with Crippen molar-refractivity contribution in [2.75, 3.05) is 6.79 Å². The van der Waals surface area contributed by atoms with Gasteiger partial charge in [0.15, 0.2) is 15.5 Å². The van der Waals surface area contributed by atoms with Crippen LogP contribution in [0.15, 0.2) is 47.0 Å². The fourth-order valence-corrected chi connectivity index (χ4v) is 4.42. The van der Waals surface area contributed by atoms with Gasteiger partial charge in [0, 0.05) is 16.9 Å². The Bertz CT molecular complexity index is 1400. The lowest BCUT2D eigenvalue weighted by Gasteiger charge is -2.06. The van der Waals surface area contributed by atoms with Crippen molar-refractivity contribution in [3.63, 3.8) is 0 Å². The third-order valence-electron chi connectivity index (χ3n) is 4.49. The van der Waals surface area contributed by atoms with Gasteiger partial charge in [-0.1, -0.05) is 12.1 Å². The molecule has 2 aliphatic heterocycles. The molecule has 0 radical (unpaired) electrons. The third kappa shape index (κ3) is 2.95. The number of carbonyl (C=O) groups excluding carboxylic acids is 1. The van der Waals surface area contributed by atoms with Crippen molar-refractivity contribution >= 4 is 41.6 Å². The fourth-order valence-electron chi connectivity index (χ4n) is 3.13. The molecule has 0 bridgehead atoms. The van der Waals surface area contributed by atoms with Crippen LogP contribution in [0.3, 0.4) is 0 Å². The number of thiazole rings is 1. The molecule has 0 saturated heterocycles. The Morgan fingerprint density at radius 2 is 2.00 bits per heavy atom. The number of benzene rings is 2. The molecule has 0 fully saturated rings. The first-order valence-corrected chi connectivity index (χ1v) is 9.69. The van der Waals surface area contributed by atoms with Crippen molar-refractivity contribution < 1.29 is 23.8 Å². The highest BCUT2D eigenvalue weighted by molar-refractivity contribution is 7.73. The highest BCUT2D eigenvalue weighted by Crippen LogP contribution is 2.33. The summed E-state index contributed by atoms with van der Waals surface area (Å²) in [6.07, 6.45) is 3.15. The number of hydrogen-bond acceptors (Lipinski definition) is 6. The summed E-state index contributed by atoms with van der Waals surface area (Å²) in [5.74, 6) is -0.106. The van der Waals surface area contributed by atoms with Crippen molar-refractivity contribution in [2.45, 2.75) is 0 Å². The highest BCUT2D eigenvalue weighted by Gasteiger charge is 2.19. The van der Waals surface area contributed by atoms with E-state index in [4.69, 9.17) is 21.7 Å². The van der Waals surface area contributed by atoms with Gasteiger partial charge in [0.2, 0.25) is 12.7 Å². The lowest BCUT2D eigenvalue weighted by Crippen LogP contribution is -2.30. The molecule has 9 heteroatoms. The Labute approximate surface area is 172 Å². The minimum atomic E-state index is -0.517. The van der Waals surface area contributed by atoms with Gasteiger partial charge >= 0.3 is 0 Å². The second kappa shape index (κ2) is 6.64. The average molecular weight is 426 g/mol. The van der Waals surface area contributed by atoms with Gasteiger partial charge in [-0.2, -0.15) is 0 Å². The molecule has 0 aliphatic carbocycles. The van der Waals surface area contributed by atoms with Crippen LogP contribution in [-0.4, -0.2) is 22.4 Å². The molecule has 1 aromatic heterocycles. The van der Waals surface area contributed by atoms with E-state index in [-0.39, 0.29) is 27.9 Å². The summed E-state index contributed by atoms with van der Waals surface area (Å²) in [5.41, 5.74) is 0.404. The maximum Gasteiger partial charge on any atom is 0.277 e. The summed E-state index contributed by atoms with van der Waals surface area (Å²) in [6.45, 7) is 0.121. The van der Waals surface area contributed by atoms with E-state index in [9.17, 15) is 14.3 Å². The van der Waals surface area contributed by atoms with Crippen LogP contribution in [0.4, 0.5) is 4.39 Å². The molecule has 3 aromatic rings. The molecular formula is C20H11FN2O4S2. The summed E-state index contributed by atoms with van der Waals surface area (Å²) in [5, 5.41) is 11.8. The van der Waals surface area contributed by atoms with E-state index in [0.717, 1.165) is 11.3 Å². The Balaban J connectivity index is 1.63. The monoisotopic (exact) mass is 426 g/mol. The van der Waals surface area contributed by atoms with Gasteiger partial charge in [-0.25, -0.2) is 9.38 Å². The first-order valence-electron chi connectivity index (χ1n) is 8.47. The second-order valence-electron chi connectivity index (χ2n) is 6.27. The van der Waals surface area contributed by atoms with Gasteiger partial charge in [-0.3, -0.25) is 9.36 Å². The number of nitrogens with zero attached hydrogens (tertiary/aromatic N) is 2. The van der Waals surface area contributed by atoms with E-state index >= 15 is 0 Å². The minimum absolute atomic E-state index is 0.121. The number of hydrogen-bond donors (Lipinski definition) is 1. The summed E-state index contributed by atoms with van der Waals surface area (Å²) >= 11 is 6.36. The molecule has 29 heavy (non-hydrogen) atoms. The maximum absolute atomic E-state index is 14.2. The van der Waals surface area contributed by atoms with Crippen LogP contribution in [0.25, 0.3) is 17.8 Å². The van der Waals surface area contributed by atoms with E-state index in [2.05, 4.69) is 4.99 Å². The molecule has 2 aliphatic rings. The van der Waals surface area contributed by atoms with Crippen molar-refractivity contribution in [2.24, 2.45) is 4.99 Å². The third-order valence-corrected chi connectivity index (χ3v) is 5.80. The van der Waals surface area contributed by atoms with Crippen LogP contribution in [0.2, 0.25) is 0 Å². The van der Waals surface area contributed by atoms with Crippen molar-refractivity contribution in [1.29, 1.82) is 0 Å². The Hall–Kier alpha value is -3.30. The summed E-state index contributed by atoms with van der Waals surface area (Å²) in [7, 11) is 0. The topological polar surface area (TPSA) is 73.1 Å². The summed E-state index contributed by atoms with van der Waals surface area (Å²) in [4.78, 5) is 16.9. The SMILES string of the molecule is O=C1N=c2cc3c(cc2=CC1=Cc1sc(=S)n(-c2ccccc2F)c1O)OCO3. The first-order chi connectivity index (χ1) is 14.0. The first kappa shape index (κ1) is 17.8. The van der Waals surface area contributed by atoms with E-state index in [0.29, 0.717) is 27.0 Å². The van der Waals surface area contributed by atoms with Gasteiger partial charge in [0.05, 0.1) is 15.9 Å². The normalized spacial score (nSPS) is 15.8. The molecule has 1 amide bonds. The minimum Gasteiger partial charge on any atom is -0.493 e. The molecular weight excluding hydrogens is 415 g/mol. The molecule has 0 atom stereocenters. The quantitative estimate of drug-likeness (QED) is 0.504. The molecule has 5 rings (SSSR count). The Morgan fingerprint density at radius 1 is 1.24 bits per heavy atom. The van der Waals surface area contributed by atoms with Crippen LogP contribution in [0, 0.1) is 9.77 Å². The average Bonchev–Trinajstić information content (AvgIpc) is 3.25. The number of carbonyl (C=O) groups is 1. The Morgan fingerprint density at radius 3 is 2.79 bits per heavy atom. The lowest BCUT2D eigenvalue weighted by molar-refractivity contribution is -0.114. The number of ether oxygens (including phenoxy) is 2. The molecule has 0 spiro atoms. The van der Waals surface area contributed by atoms with Crippen LogP contribution < -0.4 is 20.0 Å². The zero-order chi connectivity index (χ0) is 20.1. The molecule has 1 N–H and O–H groups in total. The van der Waals surface area contributed by atoms with E-state index < -0.39 is 11.7 Å². The predicted octanol–water partition coefficient (Wildman–Crippen LogP) is 2.87. The van der Waals surface area contributed by atoms with Crippen molar-refractivity contribution in [1.82, 2.24) is 4.57 Å². The van der Waals surface area contributed by atoms with Crippen LogP contribution >= 0.6 is 23.6 Å². The number of amides is 1. The number of aromatic hydroxyl groups is 1. The number of halogens is 1. The van der Waals surface area contributed by atoms with Crippen molar-refractivity contribution in [3.05, 3.63) is 67.2 Å². The van der Waals surface area contributed by atoms with Gasteiger partial charge in [0.25, 0.3) is 5.91 Å².